The van der Waals surface area contributed by atoms with E-state index in [1.165, 1.54) is 0 Å². The highest BCUT2D eigenvalue weighted by Crippen LogP contribution is 2.12. The molecule has 0 aliphatic carbocycles. The highest BCUT2D eigenvalue weighted by atomic mass is 16.6. The summed E-state index contributed by atoms with van der Waals surface area (Å²) < 4.78 is 5.00. The molecule has 0 heterocycles. The van der Waals surface area contributed by atoms with Gasteiger partial charge in [0.25, 0.3) is 0 Å². The van der Waals surface area contributed by atoms with E-state index in [1.807, 2.05) is 6.92 Å². The molecule has 0 saturated carbocycles. The number of amides is 1. The fourth-order valence-corrected chi connectivity index (χ4v) is 1.44. The van der Waals surface area contributed by atoms with Crippen molar-refractivity contribution in [2.24, 2.45) is 5.92 Å². The first-order chi connectivity index (χ1) is 8.65. The maximum absolute atomic E-state index is 11.5. The highest BCUT2D eigenvalue weighted by Gasteiger charge is 2.24. The number of carbonyl (C=O) groups excluding carboxylic acids is 2. The summed E-state index contributed by atoms with van der Waals surface area (Å²) in [5.41, 5.74) is -0.669. The molecule has 0 radical (unpaired) electrons. The Morgan fingerprint density at radius 3 is 2.32 bits per heavy atom. The number of carbonyl (C=O) groups is 3. The zero-order valence-electron chi connectivity index (χ0n) is 11.9. The van der Waals surface area contributed by atoms with E-state index in [1.54, 1.807) is 20.8 Å². The Morgan fingerprint density at radius 2 is 1.89 bits per heavy atom. The van der Waals surface area contributed by atoms with E-state index < -0.39 is 23.7 Å². The zero-order valence-corrected chi connectivity index (χ0v) is 11.9. The van der Waals surface area contributed by atoms with E-state index in [-0.39, 0.29) is 12.3 Å². The van der Waals surface area contributed by atoms with Crippen LogP contribution in [-0.4, -0.2) is 35.1 Å². The monoisotopic (exact) mass is 273 g/mol. The average molecular weight is 273 g/mol. The minimum atomic E-state index is -1.11. The summed E-state index contributed by atoms with van der Waals surface area (Å²) in [6.07, 6.45) is 1.26. The van der Waals surface area contributed by atoms with Crippen molar-refractivity contribution in [1.29, 1.82) is 0 Å². The zero-order chi connectivity index (χ0) is 15.1. The van der Waals surface area contributed by atoms with Crippen LogP contribution in [0.3, 0.4) is 0 Å². The molecule has 6 nitrogen and oxygen atoms in total. The minimum Gasteiger partial charge on any atom is -0.480 e. The summed E-state index contributed by atoms with van der Waals surface area (Å²) in [4.78, 5) is 32.8. The lowest BCUT2D eigenvalue weighted by atomic mass is 9.99. The molecule has 19 heavy (non-hydrogen) atoms. The second-order valence-corrected chi connectivity index (χ2v) is 5.62. The van der Waals surface area contributed by atoms with Crippen LogP contribution in [0.5, 0.6) is 0 Å². The molecule has 0 aromatic rings. The second-order valence-electron chi connectivity index (χ2n) is 5.62. The van der Waals surface area contributed by atoms with Gasteiger partial charge in [0.05, 0.1) is 0 Å². The first-order valence-corrected chi connectivity index (χ1v) is 6.31. The predicted molar refractivity (Wildman–Crippen MR) is 69.9 cm³/mol. The molecule has 0 spiro atoms. The summed E-state index contributed by atoms with van der Waals surface area (Å²) >= 11 is 0. The Balaban J connectivity index is 4.30. The van der Waals surface area contributed by atoms with Gasteiger partial charge in [-0.3, -0.25) is 0 Å². The molecule has 2 N–H and O–H groups in total. The lowest BCUT2D eigenvalue weighted by molar-refractivity contribution is -0.139. The molecule has 0 bridgehead atoms. The Hall–Kier alpha value is -1.59. The number of aldehydes is 1. The SMILES string of the molecule is CC(CC=O)CCC(NC(=O)OC(C)(C)C)C(=O)O. The Kier molecular flexibility index (Phi) is 7.11. The van der Waals surface area contributed by atoms with Crippen molar-refractivity contribution in [2.75, 3.05) is 0 Å². The molecule has 1 amide bonds. The van der Waals surface area contributed by atoms with Crippen LogP contribution in [0.4, 0.5) is 4.79 Å². The number of alkyl carbamates (subject to hydrolysis) is 1. The van der Waals surface area contributed by atoms with Crippen molar-refractivity contribution < 1.29 is 24.2 Å². The van der Waals surface area contributed by atoms with Gasteiger partial charge in [0, 0.05) is 6.42 Å². The molecule has 2 unspecified atom stereocenters. The Morgan fingerprint density at radius 1 is 1.32 bits per heavy atom. The fraction of sp³-hybridized carbons (Fsp3) is 0.769. The summed E-state index contributed by atoms with van der Waals surface area (Å²) in [6, 6.07) is -0.996. The summed E-state index contributed by atoms with van der Waals surface area (Å²) in [5, 5.41) is 11.3. The third-order valence-electron chi connectivity index (χ3n) is 2.44. The van der Waals surface area contributed by atoms with Gasteiger partial charge < -0.3 is 20.0 Å². The topological polar surface area (TPSA) is 92.7 Å². The lowest BCUT2D eigenvalue weighted by Crippen LogP contribution is -2.43. The molecule has 0 aromatic carbocycles. The predicted octanol–water partition coefficient (Wildman–Crippen LogP) is 1.97. The van der Waals surface area contributed by atoms with Crippen molar-refractivity contribution in [2.45, 2.75) is 58.6 Å². The number of carboxylic acid groups (broad SMARTS) is 1. The molecule has 0 aliphatic heterocycles. The largest absolute Gasteiger partial charge is 0.480 e. The third-order valence-corrected chi connectivity index (χ3v) is 2.44. The normalized spacial score (nSPS) is 14.3. The van der Waals surface area contributed by atoms with Gasteiger partial charge in [0.1, 0.15) is 17.9 Å². The smallest absolute Gasteiger partial charge is 0.408 e. The van der Waals surface area contributed by atoms with Crippen LogP contribution < -0.4 is 5.32 Å². The molecule has 0 rings (SSSR count). The number of rotatable bonds is 7. The van der Waals surface area contributed by atoms with Crippen LogP contribution in [0, 0.1) is 5.92 Å². The average Bonchev–Trinajstić information content (AvgIpc) is 2.21. The number of aliphatic carboxylic acids is 1. The summed E-state index contributed by atoms with van der Waals surface area (Å²) in [7, 11) is 0. The van der Waals surface area contributed by atoms with Gasteiger partial charge in [-0.05, 0) is 39.5 Å². The molecule has 0 saturated heterocycles. The quantitative estimate of drug-likeness (QED) is 0.692. The van der Waals surface area contributed by atoms with Crippen LogP contribution >= 0.6 is 0 Å². The number of nitrogens with one attached hydrogen (secondary N) is 1. The molecule has 110 valence electrons. The van der Waals surface area contributed by atoms with E-state index in [0.29, 0.717) is 12.8 Å². The van der Waals surface area contributed by atoms with Crippen molar-refractivity contribution >= 4 is 18.3 Å². The minimum absolute atomic E-state index is 0.0970. The summed E-state index contributed by atoms with van der Waals surface area (Å²) in [6.45, 7) is 6.97. The molecular weight excluding hydrogens is 250 g/mol. The number of carboxylic acids is 1. The first-order valence-electron chi connectivity index (χ1n) is 6.31. The molecule has 0 aromatic heterocycles. The second kappa shape index (κ2) is 7.76. The van der Waals surface area contributed by atoms with Crippen molar-refractivity contribution in [3.8, 4) is 0 Å². The molecule has 0 aliphatic rings. The van der Waals surface area contributed by atoms with Gasteiger partial charge in [-0.15, -0.1) is 0 Å². The van der Waals surface area contributed by atoms with Crippen LogP contribution in [0.25, 0.3) is 0 Å². The van der Waals surface area contributed by atoms with Crippen LogP contribution in [0.15, 0.2) is 0 Å². The van der Waals surface area contributed by atoms with Crippen molar-refractivity contribution in [3.63, 3.8) is 0 Å². The van der Waals surface area contributed by atoms with E-state index in [9.17, 15) is 14.4 Å². The van der Waals surface area contributed by atoms with Gasteiger partial charge in [0.2, 0.25) is 0 Å². The molecule has 2 atom stereocenters. The first kappa shape index (κ1) is 17.4. The van der Waals surface area contributed by atoms with Crippen LogP contribution in [0.2, 0.25) is 0 Å². The third kappa shape index (κ3) is 9.04. The Labute approximate surface area is 113 Å². The highest BCUT2D eigenvalue weighted by molar-refractivity contribution is 5.79. The lowest BCUT2D eigenvalue weighted by Gasteiger charge is -2.22. The number of hydrogen-bond donors (Lipinski definition) is 2. The van der Waals surface area contributed by atoms with Crippen LogP contribution in [0.1, 0.15) is 47.0 Å². The number of ether oxygens (including phenoxy) is 1. The standard InChI is InChI=1S/C13H23NO5/c1-9(7-8-15)5-6-10(11(16)17)14-12(18)19-13(2,3)4/h8-10H,5-7H2,1-4H3,(H,14,18)(H,16,17). The summed E-state index contributed by atoms with van der Waals surface area (Å²) in [5.74, 6) is -1.01. The Bertz CT molecular complexity index is 321. The van der Waals surface area contributed by atoms with Crippen molar-refractivity contribution in [1.82, 2.24) is 5.32 Å². The maximum Gasteiger partial charge on any atom is 0.408 e. The van der Waals surface area contributed by atoms with Gasteiger partial charge >= 0.3 is 12.1 Å². The van der Waals surface area contributed by atoms with Crippen molar-refractivity contribution in [3.05, 3.63) is 0 Å². The molecular formula is C13H23NO5. The molecule has 0 fully saturated rings. The van der Waals surface area contributed by atoms with Gasteiger partial charge in [-0.2, -0.15) is 0 Å². The van der Waals surface area contributed by atoms with E-state index in [4.69, 9.17) is 9.84 Å². The molecule has 6 heteroatoms. The fourth-order valence-electron chi connectivity index (χ4n) is 1.44. The van der Waals surface area contributed by atoms with E-state index in [0.717, 1.165) is 6.29 Å². The van der Waals surface area contributed by atoms with Crippen LogP contribution in [-0.2, 0) is 14.3 Å². The van der Waals surface area contributed by atoms with E-state index >= 15 is 0 Å². The van der Waals surface area contributed by atoms with Gasteiger partial charge in [0.15, 0.2) is 0 Å². The van der Waals surface area contributed by atoms with Gasteiger partial charge in [-0.1, -0.05) is 6.92 Å². The number of hydrogen-bond acceptors (Lipinski definition) is 4. The van der Waals surface area contributed by atoms with Gasteiger partial charge in [-0.25, -0.2) is 9.59 Å². The van der Waals surface area contributed by atoms with E-state index in [2.05, 4.69) is 5.32 Å². The maximum atomic E-state index is 11.5.